The lowest BCUT2D eigenvalue weighted by Crippen LogP contribution is -2.41. The monoisotopic (exact) mass is 231 g/mol. The number of carbonyl (C=O) groups is 1. The molecule has 1 unspecified atom stereocenters. The van der Waals surface area contributed by atoms with Crippen molar-refractivity contribution in [1.29, 1.82) is 0 Å². The number of halogens is 1. The summed E-state index contributed by atoms with van der Waals surface area (Å²) in [6, 6.07) is 0.119. The quantitative estimate of drug-likeness (QED) is 0.693. The first-order valence-corrected chi connectivity index (χ1v) is 5.06. The van der Waals surface area contributed by atoms with Crippen molar-refractivity contribution in [3.05, 3.63) is 11.1 Å². The average Bonchev–Trinajstić information content (AvgIpc) is 2.04. The van der Waals surface area contributed by atoms with E-state index in [2.05, 4.69) is 27.4 Å². The molecule has 0 aromatic heterocycles. The molecule has 1 atom stereocenters. The fraction of sp³-hybridized carbons (Fsp3) is 0.667. The molecule has 0 aromatic rings. The summed E-state index contributed by atoms with van der Waals surface area (Å²) in [6.07, 6.45) is 4.43. The average molecular weight is 232 g/mol. The largest absolute Gasteiger partial charge is 0.302 e. The Morgan fingerprint density at radius 3 is 3.00 bits per heavy atom. The van der Waals surface area contributed by atoms with Crippen molar-refractivity contribution in [1.82, 2.24) is 4.90 Å². The summed E-state index contributed by atoms with van der Waals surface area (Å²) in [5.74, 6) is 0. The predicted octanol–water partition coefficient (Wildman–Crippen LogP) is 1.95. The van der Waals surface area contributed by atoms with Crippen molar-refractivity contribution in [3.8, 4) is 0 Å². The SMILES string of the molecule is C=C(Br)CN1CCCCC1C=O. The van der Waals surface area contributed by atoms with Crippen LogP contribution in [-0.4, -0.2) is 30.3 Å². The van der Waals surface area contributed by atoms with Crippen LogP contribution in [0.5, 0.6) is 0 Å². The summed E-state index contributed by atoms with van der Waals surface area (Å²) in [5, 5.41) is 0. The molecule has 1 rings (SSSR count). The second-order valence-electron chi connectivity index (χ2n) is 3.19. The van der Waals surface area contributed by atoms with Crippen molar-refractivity contribution in [2.75, 3.05) is 13.1 Å². The van der Waals surface area contributed by atoms with Crippen molar-refractivity contribution in [2.24, 2.45) is 0 Å². The number of nitrogens with zero attached hydrogens (tertiary/aromatic N) is 1. The van der Waals surface area contributed by atoms with Gasteiger partial charge < -0.3 is 4.79 Å². The summed E-state index contributed by atoms with van der Waals surface area (Å²) in [7, 11) is 0. The maximum Gasteiger partial charge on any atom is 0.137 e. The first-order valence-electron chi connectivity index (χ1n) is 4.26. The Morgan fingerprint density at radius 1 is 1.67 bits per heavy atom. The number of hydrogen-bond donors (Lipinski definition) is 0. The van der Waals surface area contributed by atoms with Crippen LogP contribution in [0, 0.1) is 0 Å². The molecule has 2 nitrogen and oxygen atoms in total. The van der Waals surface area contributed by atoms with E-state index in [1.165, 1.54) is 12.8 Å². The predicted molar refractivity (Wildman–Crippen MR) is 53.3 cm³/mol. The summed E-state index contributed by atoms with van der Waals surface area (Å²) in [6.45, 7) is 5.59. The van der Waals surface area contributed by atoms with Gasteiger partial charge in [-0.2, -0.15) is 0 Å². The molecule has 0 saturated carbocycles. The molecule has 0 N–H and O–H groups in total. The van der Waals surface area contributed by atoms with Crippen LogP contribution < -0.4 is 0 Å². The minimum Gasteiger partial charge on any atom is -0.302 e. The van der Waals surface area contributed by atoms with E-state index in [0.717, 1.165) is 30.3 Å². The highest BCUT2D eigenvalue weighted by Crippen LogP contribution is 2.17. The normalized spacial score (nSPS) is 25.2. The molecule has 0 amide bonds. The summed E-state index contributed by atoms with van der Waals surface area (Å²) in [4.78, 5) is 12.8. The zero-order chi connectivity index (χ0) is 8.97. The molecule has 0 bridgehead atoms. The van der Waals surface area contributed by atoms with E-state index in [9.17, 15) is 4.79 Å². The van der Waals surface area contributed by atoms with Crippen LogP contribution in [0.3, 0.4) is 0 Å². The van der Waals surface area contributed by atoms with E-state index in [0.29, 0.717) is 0 Å². The second kappa shape index (κ2) is 4.77. The number of piperidine rings is 1. The van der Waals surface area contributed by atoms with Gasteiger partial charge in [0, 0.05) is 11.0 Å². The Kier molecular flexibility index (Phi) is 3.95. The molecular formula is C9H14BrNO. The third-order valence-corrected chi connectivity index (χ3v) is 2.45. The highest BCUT2D eigenvalue weighted by Gasteiger charge is 2.21. The van der Waals surface area contributed by atoms with Gasteiger partial charge in [0.15, 0.2) is 0 Å². The van der Waals surface area contributed by atoms with Crippen molar-refractivity contribution < 1.29 is 4.79 Å². The van der Waals surface area contributed by atoms with Gasteiger partial charge in [-0.3, -0.25) is 4.90 Å². The molecule has 1 aliphatic heterocycles. The molecule has 1 saturated heterocycles. The zero-order valence-electron chi connectivity index (χ0n) is 7.13. The van der Waals surface area contributed by atoms with E-state index in [1.807, 2.05) is 0 Å². The lowest BCUT2D eigenvalue weighted by atomic mass is 10.0. The van der Waals surface area contributed by atoms with Crippen LogP contribution in [0.4, 0.5) is 0 Å². The van der Waals surface area contributed by atoms with E-state index in [4.69, 9.17) is 0 Å². The van der Waals surface area contributed by atoms with Gasteiger partial charge in [0.1, 0.15) is 6.29 Å². The van der Waals surface area contributed by atoms with E-state index >= 15 is 0 Å². The number of rotatable bonds is 3. The molecule has 0 radical (unpaired) electrons. The van der Waals surface area contributed by atoms with Crippen LogP contribution in [0.15, 0.2) is 11.1 Å². The molecule has 1 heterocycles. The van der Waals surface area contributed by atoms with Gasteiger partial charge in [0.05, 0.1) is 6.04 Å². The maximum atomic E-state index is 10.7. The topological polar surface area (TPSA) is 20.3 Å². The third-order valence-electron chi connectivity index (χ3n) is 2.20. The minimum atomic E-state index is 0.119. The van der Waals surface area contributed by atoms with Gasteiger partial charge >= 0.3 is 0 Å². The molecule has 0 aromatic carbocycles. The van der Waals surface area contributed by atoms with Gasteiger partial charge in [0.2, 0.25) is 0 Å². The lowest BCUT2D eigenvalue weighted by Gasteiger charge is -2.31. The Labute approximate surface area is 81.8 Å². The first kappa shape index (κ1) is 9.93. The van der Waals surface area contributed by atoms with Crippen LogP contribution in [-0.2, 0) is 4.79 Å². The van der Waals surface area contributed by atoms with Gasteiger partial charge in [0.25, 0.3) is 0 Å². The summed E-state index contributed by atoms with van der Waals surface area (Å²) in [5.41, 5.74) is 0. The molecule has 3 heteroatoms. The van der Waals surface area contributed by atoms with Gasteiger partial charge in [-0.15, -0.1) is 0 Å². The fourth-order valence-corrected chi connectivity index (χ4v) is 1.91. The molecule has 1 fully saturated rings. The van der Waals surface area contributed by atoms with Crippen molar-refractivity contribution >= 4 is 22.2 Å². The van der Waals surface area contributed by atoms with Gasteiger partial charge in [-0.1, -0.05) is 28.9 Å². The second-order valence-corrected chi connectivity index (χ2v) is 4.31. The number of likely N-dealkylation sites (tertiary alicyclic amines) is 1. The molecule has 0 aliphatic carbocycles. The smallest absolute Gasteiger partial charge is 0.137 e. The third kappa shape index (κ3) is 2.72. The first-order chi connectivity index (χ1) is 5.74. The van der Waals surface area contributed by atoms with Gasteiger partial charge in [-0.05, 0) is 19.4 Å². The Morgan fingerprint density at radius 2 is 2.42 bits per heavy atom. The van der Waals surface area contributed by atoms with Crippen molar-refractivity contribution in [2.45, 2.75) is 25.3 Å². The zero-order valence-corrected chi connectivity index (χ0v) is 8.72. The lowest BCUT2D eigenvalue weighted by molar-refractivity contribution is -0.113. The highest BCUT2D eigenvalue weighted by molar-refractivity contribution is 9.11. The standard InChI is InChI=1S/C9H14BrNO/c1-8(10)6-11-5-3-2-4-9(11)7-12/h7,9H,1-6H2. The van der Waals surface area contributed by atoms with Crippen LogP contribution in [0.1, 0.15) is 19.3 Å². The Hall–Kier alpha value is -0.150. The number of carbonyl (C=O) groups excluding carboxylic acids is 1. The van der Waals surface area contributed by atoms with Crippen LogP contribution in [0.25, 0.3) is 0 Å². The molecule has 68 valence electrons. The summed E-state index contributed by atoms with van der Waals surface area (Å²) < 4.78 is 0.955. The van der Waals surface area contributed by atoms with Crippen LogP contribution >= 0.6 is 15.9 Å². The Bertz CT molecular complexity index is 181. The minimum absolute atomic E-state index is 0.119. The molecule has 1 aliphatic rings. The molecule has 0 spiro atoms. The maximum absolute atomic E-state index is 10.7. The van der Waals surface area contributed by atoms with E-state index in [1.54, 1.807) is 0 Å². The molecule has 12 heavy (non-hydrogen) atoms. The van der Waals surface area contributed by atoms with E-state index in [-0.39, 0.29) is 6.04 Å². The van der Waals surface area contributed by atoms with Crippen LogP contribution in [0.2, 0.25) is 0 Å². The number of hydrogen-bond acceptors (Lipinski definition) is 2. The van der Waals surface area contributed by atoms with Crippen molar-refractivity contribution in [3.63, 3.8) is 0 Å². The Balaban J connectivity index is 2.46. The van der Waals surface area contributed by atoms with E-state index < -0.39 is 0 Å². The fourth-order valence-electron chi connectivity index (χ4n) is 1.59. The number of aldehydes is 1. The van der Waals surface area contributed by atoms with Gasteiger partial charge in [-0.25, -0.2) is 0 Å². The molecular weight excluding hydrogens is 218 g/mol. The summed E-state index contributed by atoms with van der Waals surface area (Å²) >= 11 is 3.31. The highest BCUT2D eigenvalue weighted by atomic mass is 79.9.